The Morgan fingerprint density at radius 1 is 1.47 bits per heavy atom. The number of carbonyl (C=O) groups excluding carboxylic acids is 1. The molecule has 1 aromatic carbocycles. The first kappa shape index (κ1) is 11.6. The van der Waals surface area contributed by atoms with Crippen LogP contribution < -0.4 is 11.1 Å². The number of nitrogens with one attached hydrogen (secondary N) is 1. The second-order valence-corrected chi connectivity index (χ2v) is 4.01. The minimum absolute atomic E-state index is 0.185. The van der Waals surface area contributed by atoms with Crippen molar-refractivity contribution >= 4 is 11.6 Å². The highest BCUT2D eigenvalue weighted by molar-refractivity contribution is 5.79. The van der Waals surface area contributed by atoms with Gasteiger partial charge in [-0.3, -0.25) is 4.79 Å². The zero-order valence-electron chi connectivity index (χ0n) is 9.50. The number of hydrogen-bond acceptors (Lipinski definition) is 2. The number of aryl methyl sites for hydroxylation is 1. The van der Waals surface area contributed by atoms with Crippen molar-refractivity contribution in [2.45, 2.75) is 26.7 Å². The fraction of sp³-hybridized carbons (Fsp3) is 0.417. The maximum absolute atomic E-state index is 10.7. The molecule has 0 saturated carbocycles. The van der Waals surface area contributed by atoms with Crippen LogP contribution in [0.2, 0.25) is 0 Å². The van der Waals surface area contributed by atoms with Crippen LogP contribution in [-0.2, 0) is 4.79 Å². The Hall–Kier alpha value is -1.51. The highest BCUT2D eigenvalue weighted by Crippen LogP contribution is 2.26. The van der Waals surface area contributed by atoms with Gasteiger partial charge in [-0.15, -0.1) is 0 Å². The van der Waals surface area contributed by atoms with Crippen LogP contribution in [0.5, 0.6) is 0 Å². The van der Waals surface area contributed by atoms with E-state index in [4.69, 9.17) is 5.73 Å². The summed E-state index contributed by atoms with van der Waals surface area (Å²) in [5.41, 5.74) is 8.51. The number of benzene rings is 1. The summed E-state index contributed by atoms with van der Waals surface area (Å²) in [6.45, 7) is 6.47. The summed E-state index contributed by atoms with van der Waals surface area (Å²) in [6.07, 6.45) is 0. The molecule has 0 saturated heterocycles. The van der Waals surface area contributed by atoms with E-state index >= 15 is 0 Å². The number of rotatable bonds is 4. The van der Waals surface area contributed by atoms with Gasteiger partial charge in [-0.2, -0.15) is 0 Å². The number of nitrogens with two attached hydrogens (primary N) is 1. The number of hydrogen-bond donors (Lipinski definition) is 2. The van der Waals surface area contributed by atoms with E-state index in [0.717, 1.165) is 11.3 Å². The molecule has 0 atom stereocenters. The summed E-state index contributed by atoms with van der Waals surface area (Å²) in [5, 5.41) is 3.09. The van der Waals surface area contributed by atoms with Crippen LogP contribution in [-0.4, -0.2) is 12.5 Å². The fourth-order valence-corrected chi connectivity index (χ4v) is 1.59. The van der Waals surface area contributed by atoms with E-state index < -0.39 is 0 Å². The maximum Gasteiger partial charge on any atom is 0.236 e. The average Bonchev–Trinajstić information content (AvgIpc) is 2.15. The molecule has 1 aromatic rings. The molecule has 3 heteroatoms. The summed E-state index contributed by atoms with van der Waals surface area (Å²) in [4.78, 5) is 10.7. The first-order valence-corrected chi connectivity index (χ1v) is 5.14. The number of para-hydroxylation sites is 1. The van der Waals surface area contributed by atoms with Crippen LogP contribution >= 0.6 is 0 Å². The Morgan fingerprint density at radius 3 is 2.67 bits per heavy atom. The molecule has 0 aliphatic carbocycles. The molecule has 1 rings (SSSR count). The molecule has 0 fully saturated rings. The lowest BCUT2D eigenvalue weighted by molar-refractivity contribution is -0.116. The summed E-state index contributed by atoms with van der Waals surface area (Å²) < 4.78 is 0. The Balaban J connectivity index is 2.97. The molecule has 0 aromatic heterocycles. The standard InChI is InChI=1S/C12H18N2O/c1-8(2)10-6-4-5-9(3)12(10)14-7-11(13)15/h4-6,8,14H,7H2,1-3H3,(H2,13,15). The summed E-state index contributed by atoms with van der Waals surface area (Å²) in [7, 11) is 0. The van der Waals surface area contributed by atoms with E-state index in [2.05, 4.69) is 25.2 Å². The normalized spacial score (nSPS) is 10.4. The van der Waals surface area contributed by atoms with Gasteiger partial charge in [-0.05, 0) is 24.0 Å². The Labute approximate surface area is 90.7 Å². The van der Waals surface area contributed by atoms with Crippen molar-refractivity contribution in [1.82, 2.24) is 0 Å². The molecular weight excluding hydrogens is 188 g/mol. The van der Waals surface area contributed by atoms with E-state index in [1.807, 2.05) is 19.1 Å². The van der Waals surface area contributed by atoms with Crippen molar-refractivity contribution in [2.24, 2.45) is 5.73 Å². The van der Waals surface area contributed by atoms with Gasteiger partial charge in [0.2, 0.25) is 5.91 Å². The number of primary amides is 1. The van der Waals surface area contributed by atoms with Crippen LogP contribution in [0.4, 0.5) is 5.69 Å². The molecule has 0 heterocycles. The molecule has 0 unspecified atom stereocenters. The quantitative estimate of drug-likeness (QED) is 0.791. The molecule has 0 aliphatic heterocycles. The van der Waals surface area contributed by atoms with Gasteiger partial charge in [0.1, 0.15) is 0 Å². The Bertz CT molecular complexity index is 359. The molecule has 3 nitrogen and oxygen atoms in total. The number of amides is 1. The van der Waals surface area contributed by atoms with Crippen molar-refractivity contribution in [3.8, 4) is 0 Å². The molecule has 82 valence electrons. The topological polar surface area (TPSA) is 55.1 Å². The highest BCUT2D eigenvalue weighted by Gasteiger charge is 2.08. The van der Waals surface area contributed by atoms with Crippen LogP contribution in [0, 0.1) is 6.92 Å². The van der Waals surface area contributed by atoms with Crippen molar-refractivity contribution < 1.29 is 4.79 Å². The fourth-order valence-electron chi connectivity index (χ4n) is 1.59. The summed E-state index contributed by atoms with van der Waals surface area (Å²) in [5.74, 6) is 0.0910. The second kappa shape index (κ2) is 4.82. The van der Waals surface area contributed by atoms with Gasteiger partial charge in [0, 0.05) is 5.69 Å². The molecule has 1 amide bonds. The summed E-state index contributed by atoms with van der Waals surface area (Å²) >= 11 is 0. The predicted molar refractivity (Wildman–Crippen MR) is 63.0 cm³/mol. The van der Waals surface area contributed by atoms with Crippen LogP contribution in [0.1, 0.15) is 30.9 Å². The smallest absolute Gasteiger partial charge is 0.236 e. The van der Waals surface area contributed by atoms with Gasteiger partial charge in [-0.25, -0.2) is 0 Å². The molecule has 0 radical (unpaired) electrons. The zero-order chi connectivity index (χ0) is 11.4. The van der Waals surface area contributed by atoms with E-state index in [0.29, 0.717) is 5.92 Å². The van der Waals surface area contributed by atoms with E-state index in [-0.39, 0.29) is 12.5 Å². The average molecular weight is 206 g/mol. The minimum Gasteiger partial charge on any atom is -0.376 e. The molecule has 0 spiro atoms. The zero-order valence-corrected chi connectivity index (χ0v) is 9.50. The van der Waals surface area contributed by atoms with E-state index in [9.17, 15) is 4.79 Å². The summed E-state index contributed by atoms with van der Waals surface area (Å²) in [6, 6.07) is 6.12. The Morgan fingerprint density at radius 2 is 2.13 bits per heavy atom. The van der Waals surface area contributed by atoms with Crippen molar-refractivity contribution in [3.05, 3.63) is 29.3 Å². The molecule has 0 aliphatic rings. The highest BCUT2D eigenvalue weighted by atomic mass is 16.1. The van der Waals surface area contributed by atoms with E-state index in [1.165, 1.54) is 5.56 Å². The molecular formula is C12H18N2O. The molecule has 15 heavy (non-hydrogen) atoms. The Kier molecular flexibility index (Phi) is 3.72. The predicted octanol–water partition coefficient (Wildman–Crippen LogP) is 2.02. The third-order valence-corrected chi connectivity index (χ3v) is 2.37. The first-order chi connectivity index (χ1) is 7.02. The van der Waals surface area contributed by atoms with Gasteiger partial charge in [0.25, 0.3) is 0 Å². The van der Waals surface area contributed by atoms with Crippen molar-refractivity contribution in [1.29, 1.82) is 0 Å². The lowest BCUT2D eigenvalue weighted by atomic mass is 9.98. The van der Waals surface area contributed by atoms with Crippen LogP contribution in [0.3, 0.4) is 0 Å². The first-order valence-electron chi connectivity index (χ1n) is 5.14. The largest absolute Gasteiger partial charge is 0.376 e. The monoisotopic (exact) mass is 206 g/mol. The van der Waals surface area contributed by atoms with Crippen molar-refractivity contribution in [2.75, 3.05) is 11.9 Å². The third-order valence-electron chi connectivity index (χ3n) is 2.37. The van der Waals surface area contributed by atoms with Gasteiger partial charge in [0.05, 0.1) is 6.54 Å². The molecule has 0 bridgehead atoms. The number of carbonyl (C=O) groups is 1. The third kappa shape index (κ3) is 2.98. The van der Waals surface area contributed by atoms with E-state index in [1.54, 1.807) is 0 Å². The van der Waals surface area contributed by atoms with Crippen LogP contribution in [0.25, 0.3) is 0 Å². The van der Waals surface area contributed by atoms with Crippen LogP contribution in [0.15, 0.2) is 18.2 Å². The van der Waals surface area contributed by atoms with Gasteiger partial charge >= 0.3 is 0 Å². The molecule has 3 N–H and O–H groups in total. The minimum atomic E-state index is -0.340. The van der Waals surface area contributed by atoms with Gasteiger partial charge < -0.3 is 11.1 Å². The SMILES string of the molecule is Cc1cccc(C(C)C)c1NCC(N)=O. The van der Waals surface area contributed by atoms with Gasteiger partial charge in [0.15, 0.2) is 0 Å². The number of anilines is 1. The second-order valence-electron chi connectivity index (χ2n) is 4.01. The maximum atomic E-state index is 10.7. The lowest BCUT2D eigenvalue weighted by Crippen LogP contribution is -2.22. The van der Waals surface area contributed by atoms with Gasteiger partial charge in [-0.1, -0.05) is 32.0 Å². The van der Waals surface area contributed by atoms with Crippen molar-refractivity contribution in [3.63, 3.8) is 0 Å². The lowest BCUT2D eigenvalue weighted by Gasteiger charge is -2.16.